The van der Waals surface area contributed by atoms with Gasteiger partial charge in [-0.05, 0) is 19.9 Å². The van der Waals surface area contributed by atoms with Crippen molar-refractivity contribution in [2.75, 3.05) is 59.4 Å². The normalized spacial score (nSPS) is 24.5. The summed E-state index contributed by atoms with van der Waals surface area (Å²) in [6.07, 6.45) is 2.20. The average Bonchev–Trinajstić information content (AvgIpc) is 2.39. The molecule has 0 aliphatic carbocycles. The third-order valence-electron chi connectivity index (χ3n) is 4.32. The Labute approximate surface area is 116 Å². The van der Waals surface area contributed by atoms with Crippen LogP contribution in [0, 0.1) is 0 Å². The van der Waals surface area contributed by atoms with Crippen LogP contribution in [-0.2, 0) is 4.79 Å². The number of carbonyl (C=O) groups is 1. The smallest absolute Gasteiger partial charge is 0.217 e. The number of nitrogens with zero attached hydrogens (tertiary/aromatic N) is 3. The number of likely N-dealkylation sites (tertiary alicyclic amines) is 1. The van der Waals surface area contributed by atoms with E-state index in [0.717, 1.165) is 25.9 Å². The second-order valence-electron chi connectivity index (χ2n) is 5.96. The van der Waals surface area contributed by atoms with Crippen LogP contribution in [0.2, 0.25) is 0 Å². The van der Waals surface area contributed by atoms with Crippen LogP contribution in [0.15, 0.2) is 0 Å². The van der Waals surface area contributed by atoms with E-state index in [1.807, 2.05) is 0 Å². The summed E-state index contributed by atoms with van der Waals surface area (Å²) in [5.41, 5.74) is 0. The van der Waals surface area contributed by atoms with E-state index in [0.29, 0.717) is 6.04 Å². The van der Waals surface area contributed by atoms with Gasteiger partial charge in [0, 0.05) is 65.3 Å². The lowest BCUT2D eigenvalue weighted by Crippen LogP contribution is -2.49. The van der Waals surface area contributed by atoms with Crippen LogP contribution in [0.5, 0.6) is 0 Å². The number of piperidine rings is 1. The summed E-state index contributed by atoms with van der Waals surface area (Å²) in [6.45, 7) is 11.0. The monoisotopic (exact) mass is 268 g/mol. The third kappa shape index (κ3) is 5.09. The van der Waals surface area contributed by atoms with E-state index in [4.69, 9.17) is 0 Å². The molecule has 0 unspecified atom stereocenters. The van der Waals surface area contributed by atoms with Gasteiger partial charge >= 0.3 is 0 Å². The van der Waals surface area contributed by atoms with Gasteiger partial charge in [-0.15, -0.1) is 0 Å². The summed E-state index contributed by atoms with van der Waals surface area (Å²) >= 11 is 0. The van der Waals surface area contributed by atoms with Gasteiger partial charge in [0.2, 0.25) is 5.91 Å². The van der Waals surface area contributed by atoms with Gasteiger partial charge in [-0.2, -0.15) is 0 Å². The molecule has 0 aromatic rings. The van der Waals surface area contributed by atoms with Gasteiger partial charge < -0.3 is 15.1 Å². The van der Waals surface area contributed by atoms with Gasteiger partial charge in [-0.25, -0.2) is 0 Å². The first-order valence-electron chi connectivity index (χ1n) is 7.54. The molecular weight excluding hydrogens is 240 g/mol. The number of piperazine rings is 1. The zero-order valence-electron chi connectivity index (χ0n) is 12.4. The zero-order chi connectivity index (χ0) is 13.7. The highest BCUT2D eigenvalue weighted by molar-refractivity contribution is 5.73. The lowest BCUT2D eigenvalue weighted by atomic mass is 10.1. The van der Waals surface area contributed by atoms with E-state index in [1.54, 1.807) is 6.92 Å². The van der Waals surface area contributed by atoms with Gasteiger partial charge in [-0.1, -0.05) is 0 Å². The first kappa shape index (κ1) is 14.8. The summed E-state index contributed by atoms with van der Waals surface area (Å²) in [5.74, 6) is 0.107. The Morgan fingerprint density at radius 2 is 1.53 bits per heavy atom. The van der Waals surface area contributed by atoms with Gasteiger partial charge in [0.05, 0.1) is 0 Å². The maximum atomic E-state index is 11.0. The van der Waals surface area contributed by atoms with Gasteiger partial charge in [0.1, 0.15) is 0 Å². The Kier molecular flexibility index (Phi) is 5.60. The molecule has 1 amide bonds. The number of amides is 1. The van der Waals surface area contributed by atoms with Crippen molar-refractivity contribution in [3.05, 3.63) is 0 Å². The van der Waals surface area contributed by atoms with E-state index in [2.05, 4.69) is 27.1 Å². The van der Waals surface area contributed by atoms with E-state index < -0.39 is 0 Å². The summed E-state index contributed by atoms with van der Waals surface area (Å²) in [7, 11) is 2.20. The first-order valence-corrected chi connectivity index (χ1v) is 7.54. The molecule has 0 spiro atoms. The minimum Gasteiger partial charge on any atom is -0.354 e. The molecule has 0 aromatic heterocycles. The molecule has 0 radical (unpaired) electrons. The Bertz CT molecular complexity index is 281. The molecule has 2 aliphatic heterocycles. The number of hydrogen-bond donors (Lipinski definition) is 1. The molecule has 1 N–H and O–H groups in total. The van der Waals surface area contributed by atoms with Crippen molar-refractivity contribution in [3.8, 4) is 0 Å². The highest BCUT2D eigenvalue weighted by Gasteiger charge is 2.20. The molecule has 2 rings (SSSR count). The SMILES string of the molecule is CC(=O)NC1CCN(CCN2CCN(C)CC2)CC1. The predicted octanol–water partition coefficient (Wildman–Crippen LogP) is -0.166. The molecule has 0 saturated carbocycles. The Morgan fingerprint density at radius 3 is 2.05 bits per heavy atom. The maximum Gasteiger partial charge on any atom is 0.217 e. The molecule has 2 heterocycles. The topological polar surface area (TPSA) is 38.8 Å². The molecular formula is C14H28N4O. The van der Waals surface area contributed by atoms with Crippen LogP contribution in [0.3, 0.4) is 0 Å². The Morgan fingerprint density at radius 1 is 1.00 bits per heavy atom. The minimum atomic E-state index is 0.107. The first-order chi connectivity index (χ1) is 9.13. The highest BCUT2D eigenvalue weighted by Crippen LogP contribution is 2.10. The van der Waals surface area contributed by atoms with E-state index in [-0.39, 0.29) is 5.91 Å². The van der Waals surface area contributed by atoms with Crippen molar-refractivity contribution in [2.24, 2.45) is 0 Å². The van der Waals surface area contributed by atoms with Crippen LogP contribution in [0.4, 0.5) is 0 Å². The van der Waals surface area contributed by atoms with Gasteiger partial charge in [-0.3, -0.25) is 9.69 Å². The summed E-state index contributed by atoms with van der Waals surface area (Å²) in [4.78, 5) is 18.5. The van der Waals surface area contributed by atoms with Crippen LogP contribution in [0.1, 0.15) is 19.8 Å². The lowest BCUT2D eigenvalue weighted by Gasteiger charge is -2.36. The van der Waals surface area contributed by atoms with Crippen LogP contribution in [-0.4, -0.2) is 86.1 Å². The fraction of sp³-hybridized carbons (Fsp3) is 0.929. The maximum absolute atomic E-state index is 11.0. The molecule has 2 fully saturated rings. The van der Waals surface area contributed by atoms with Crippen molar-refractivity contribution < 1.29 is 4.79 Å². The lowest BCUT2D eigenvalue weighted by molar-refractivity contribution is -0.119. The number of rotatable bonds is 4. The molecule has 2 saturated heterocycles. The van der Waals surface area contributed by atoms with Crippen molar-refractivity contribution in [2.45, 2.75) is 25.8 Å². The second-order valence-corrected chi connectivity index (χ2v) is 5.96. The largest absolute Gasteiger partial charge is 0.354 e. The fourth-order valence-corrected chi connectivity index (χ4v) is 2.94. The third-order valence-corrected chi connectivity index (χ3v) is 4.32. The summed E-state index contributed by atoms with van der Waals surface area (Å²) in [6, 6.07) is 0.400. The molecule has 2 aliphatic rings. The molecule has 0 bridgehead atoms. The number of hydrogen-bond acceptors (Lipinski definition) is 4. The van der Waals surface area contributed by atoms with Crippen LogP contribution >= 0.6 is 0 Å². The molecule has 5 heteroatoms. The van der Waals surface area contributed by atoms with Crippen LogP contribution < -0.4 is 5.32 Å². The molecule has 0 atom stereocenters. The van der Waals surface area contributed by atoms with Crippen molar-refractivity contribution >= 4 is 5.91 Å². The zero-order valence-corrected chi connectivity index (χ0v) is 12.4. The van der Waals surface area contributed by atoms with E-state index in [9.17, 15) is 4.79 Å². The van der Waals surface area contributed by atoms with Crippen molar-refractivity contribution in [3.63, 3.8) is 0 Å². The van der Waals surface area contributed by atoms with E-state index >= 15 is 0 Å². The molecule has 5 nitrogen and oxygen atoms in total. The highest BCUT2D eigenvalue weighted by atomic mass is 16.1. The summed E-state index contributed by atoms with van der Waals surface area (Å²) < 4.78 is 0. The quantitative estimate of drug-likeness (QED) is 0.769. The van der Waals surface area contributed by atoms with Crippen molar-refractivity contribution in [1.82, 2.24) is 20.0 Å². The van der Waals surface area contributed by atoms with Crippen LogP contribution in [0.25, 0.3) is 0 Å². The summed E-state index contributed by atoms with van der Waals surface area (Å²) in [5, 5.41) is 3.03. The number of carbonyl (C=O) groups excluding carboxylic acids is 1. The molecule has 0 aromatic carbocycles. The second kappa shape index (κ2) is 7.22. The molecule has 110 valence electrons. The predicted molar refractivity (Wildman–Crippen MR) is 77.2 cm³/mol. The van der Waals surface area contributed by atoms with Crippen molar-refractivity contribution in [1.29, 1.82) is 0 Å². The number of nitrogens with one attached hydrogen (secondary N) is 1. The van der Waals surface area contributed by atoms with E-state index in [1.165, 1.54) is 39.3 Å². The Hall–Kier alpha value is -0.650. The Balaban J connectivity index is 1.59. The minimum absolute atomic E-state index is 0.107. The number of likely N-dealkylation sites (N-methyl/N-ethyl adjacent to an activating group) is 1. The molecule has 19 heavy (non-hydrogen) atoms. The van der Waals surface area contributed by atoms with Gasteiger partial charge in [0.15, 0.2) is 0 Å². The van der Waals surface area contributed by atoms with Gasteiger partial charge in [0.25, 0.3) is 0 Å². The average molecular weight is 268 g/mol. The standard InChI is InChI=1S/C14H28N4O/c1-13(19)15-14-3-5-17(6-4-14)11-12-18-9-7-16(2)8-10-18/h14H,3-12H2,1-2H3,(H,15,19). The fourth-order valence-electron chi connectivity index (χ4n) is 2.94.